The molecule has 1 fully saturated rings. The molecule has 0 aromatic heterocycles. The van der Waals surface area contributed by atoms with Gasteiger partial charge in [0.1, 0.15) is 5.82 Å². The molecule has 1 heterocycles. The number of nitrogens with zero attached hydrogens (tertiary/aromatic N) is 1. The van der Waals surface area contributed by atoms with E-state index in [0.717, 1.165) is 49.3 Å². The van der Waals surface area contributed by atoms with E-state index in [0.29, 0.717) is 11.6 Å². The molecule has 0 bridgehead atoms. The third-order valence-corrected chi connectivity index (χ3v) is 4.76. The van der Waals surface area contributed by atoms with Crippen LogP contribution in [0, 0.1) is 12.7 Å². The zero-order valence-corrected chi connectivity index (χ0v) is 14.5. The van der Waals surface area contributed by atoms with Crippen LogP contribution in [0.4, 0.5) is 10.1 Å². The van der Waals surface area contributed by atoms with Crippen molar-refractivity contribution in [2.24, 2.45) is 5.73 Å². The van der Waals surface area contributed by atoms with Crippen molar-refractivity contribution < 1.29 is 9.18 Å². The summed E-state index contributed by atoms with van der Waals surface area (Å²) in [6.07, 6.45) is 2.02. The van der Waals surface area contributed by atoms with Crippen LogP contribution in [-0.4, -0.2) is 29.9 Å². The van der Waals surface area contributed by atoms with Gasteiger partial charge in [0.2, 0.25) is 5.91 Å². The maximum absolute atomic E-state index is 13.3. The second kappa shape index (κ2) is 7.66. The molecule has 0 saturated carbocycles. The molecule has 0 aliphatic carbocycles. The predicted octanol–water partition coefficient (Wildman–Crippen LogP) is 3.31. The highest BCUT2D eigenvalue weighted by molar-refractivity contribution is 5.94. The highest BCUT2D eigenvalue weighted by Crippen LogP contribution is 2.22. The first kappa shape index (κ1) is 17.4. The van der Waals surface area contributed by atoms with Crippen LogP contribution < -0.4 is 11.1 Å². The van der Waals surface area contributed by atoms with Gasteiger partial charge in [0.05, 0.1) is 0 Å². The number of hydrogen-bond acceptors (Lipinski definition) is 3. The molecular formula is C20H24FN3O. The monoisotopic (exact) mass is 341 g/mol. The maximum Gasteiger partial charge on any atom is 0.248 e. The SMILES string of the molecule is Cc1ccc(C(N)=O)cc1NC1CCN(Cc2cccc(F)c2)CC1. The van der Waals surface area contributed by atoms with Crippen molar-refractivity contribution in [3.05, 3.63) is 65.0 Å². The molecule has 0 spiro atoms. The van der Waals surface area contributed by atoms with Crippen LogP contribution in [0.2, 0.25) is 0 Å². The maximum atomic E-state index is 13.3. The number of carbonyl (C=O) groups is 1. The number of carbonyl (C=O) groups excluding carboxylic acids is 1. The van der Waals surface area contributed by atoms with Crippen molar-refractivity contribution >= 4 is 11.6 Å². The number of halogens is 1. The van der Waals surface area contributed by atoms with E-state index in [9.17, 15) is 9.18 Å². The van der Waals surface area contributed by atoms with Gasteiger partial charge in [-0.2, -0.15) is 0 Å². The Balaban J connectivity index is 1.56. The number of amides is 1. The molecular weight excluding hydrogens is 317 g/mol. The molecule has 132 valence electrons. The summed E-state index contributed by atoms with van der Waals surface area (Å²) in [6.45, 7) is 4.72. The van der Waals surface area contributed by atoms with Crippen molar-refractivity contribution in [1.29, 1.82) is 0 Å². The van der Waals surface area contributed by atoms with Crippen LogP contribution in [-0.2, 0) is 6.54 Å². The number of anilines is 1. The molecule has 3 N–H and O–H groups in total. The van der Waals surface area contributed by atoms with Gasteiger partial charge in [0.25, 0.3) is 0 Å². The lowest BCUT2D eigenvalue weighted by atomic mass is 10.0. The Labute approximate surface area is 147 Å². The molecule has 1 aliphatic rings. The van der Waals surface area contributed by atoms with Gasteiger partial charge in [-0.15, -0.1) is 0 Å². The van der Waals surface area contributed by atoms with Crippen molar-refractivity contribution in [3.8, 4) is 0 Å². The minimum atomic E-state index is -0.409. The Kier molecular flexibility index (Phi) is 5.34. The summed E-state index contributed by atoms with van der Waals surface area (Å²) in [5, 5.41) is 3.54. The van der Waals surface area contributed by atoms with Gasteiger partial charge in [-0.1, -0.05) is 18.2 Å². The molecule has 2 aromatic rings. The van der Waals surface area contributed by atoms with Crippen molar-refractivity contribution in [3.63, 3.8) is 0 Å². The molecule has 25 heavy (non-hydrogen) atoms. The molecule has 5 heteroatoms. The van der Waals surface area contributed by atoms with Gasteiger partial charge < -0.3 is 11.1 Å². The van der Waals surface area contributed by atoms with Crippen LogP contribution in [0.3, 0.4) is 0 Å². The second-order valence-electron chi connectivity index (χ2n) is 6.72. The van der Waals surface area contributed by atoms with E-state index in [4.69, 9.17) is 5.73 Å². The molecule has 1 saturated heterocycles. The summed E-state index contributed by atoms with van der Waals surface area (Å²) < 4.78 is 13.3. The normalized spacial score (nSPS) is 15.9. The molecule has 0 radical (unpaired) electrons. The summed E-state index contributed by atoms with van der Waals surface area (Å²) in [5.74, 6) is -0.591. The average Bonchev–Trinajstić information content (AvgIpc) is 2.58. The smallest absolute Gasteiger partial charge is 0.248 e. The number of rotatable bonds is 5. The quantitative estimate of drug-likeness (QED) is 0.877. The number of nitrogens with one attached hydrogen (secondary N) is 1. The summed E-state index contributed by atoms with van der Waals surface area (Å²) >= 11 is 0. The van der Waals surface area contributed by atoms with E-state index in [2.05, 4.69) is 10.2 Å². The molecule has 1 aliphatic heterocycles. The van der Waals surface area contributed by atoms with E-state index < -0.39 is 5.91 Å². The zero-order chi connectivity index (χ0) is 17.8. The lowest BCUT2D eigenvalue weighted by Crippen LogP contribution is -2.38. The highest BCUT2D eigenvalue weighted by atomic mass is 19.1. The van der Waals surface area contributed by atoms with E-state index in [1.165, 1.54) is 6.07 Å². The van der Waals surface area contributed by atoms with Crippen molar-refractivity contribution in [2.45, 2.75) is 32.4 Å². The van der Waals surface area contributed by atoms with Crippen molar-refractivity contribution in [1.82, 2.24) is 4.90 Å². The molecule has 0 unspecified atom stereocenters. The van der Waals surface area contributed by atoms with Crippen LogP contribution >= 0.6 is 0 Å². The van der Waals surface area contributed by atoms with Crippen LogP contribution in [0.1, 0.15) is 34.3 Å². The fraction of sp³-hybridized carbons (Fsp3) is 0.350. The molecule has 2 aromatic carbocycles. The summed E-state index contributed by atoms with van der Waals surface area (Å²) in [7, 11) is 0. The van der Waals surface area contributed by atoms with Crippen LogP contribution in [0.25, 0.3) is 0 Å². The van der Waals surface area contributed by atoms with Gasteiger partial charge in [0.15, 0.2) is 0 Å². The standard InChI is InChI=1S/C20H24FN3O/c1-14-5-6-16(20(22)25)12-19(14)23-18-7-9-24(10-8-18)13-15-3-2-4-17(21)11-15/h2-6,11-12,18,23H,7-10,13H2,1H3,(H2,22,25). The Morgan fingerprint density at radius 1 is 1.24 bits per heavy atom. The second-order valence-corrected chi connectivity index (χ2v) is 6.72. The number of primary amides is 1. The molecule has 4 nitrogen and oxygen atoms in total. The van der Waals surface area contributed by atoms with Gasteiger partial charge in [-0.05, 0) is 55.2 Å². The van der Waals surface area contributed by atoms with Crippen LogP contribution in [0.15, 0.2) is 42.5 Å². The third kappa shape index (κ3) is 4.57. The fourth-order valence-corrected chi connectivity index (χ4v) is 3.28. The average molecular weight is 341 g/mol. The highest BCUT2D eigenvalue weighted by Gasteiger charge is 2.20. The van der Waals surface area contributed by atoms with Gasteiger partial charge in [-0.25, -0.2) is 4.39 Å². The third-order valence-electron chi connectivity index (χ3n) is 4.76. The zero-order valence-electron chi connectivity index (χ0n) is 14.5. The van der Waals surface area contributed by atoms with Gasteiger partial charge in [-0.3, -0.25) is 9.69 Å². The topological polar surface area (TPSA) is 58.4 Å². The Hall–Kier alpha value is -2.40. The lowest BCUT2D eigenvalue weighted by molar-refractivity contribution is 0.100. The first-order valence-electron chi connectivity index (χ1n) is 8.65. The molecule has 3 rings (SSSR count). The Morgan fingerprint density at radius 3 is 2.68 bits per heavy atom. The summed E-state index contributed by atoms with van der Waals surface area (Å²) in [6, 6.07) is 12.7. The summed E-state index contributed by atoms with van der Waals surface area (Å²) in [5.41, 5.74) is 8.98. The number of aryl methyl sites for hydroxylation is 1. The van der Waals surface area contributed by atoms with Crippen molar-refractivity contribution in [2.75, 3.05) is 18.4 Å². The summed E-state index contributed by atoms with van der Waals surface area (Å²) in [4.78, 5) is 13.7. The van der Waals surface area contributed by atoms with Gasteiger partial charge >= 0.3 is 0 Å². The fourth-order valence-electron chi connectivity index (χ4n) is 3.28. The Bertz CT molecular complexity index is 754. The molecule has 1 amide bonds. The lowest BCUT2D eigenvalue weighted by Gasteiger charge is -2.33. The number of piperidine rings is 1. The first-order chi connectivity index (χ1) is 12.0. The predicted molar refractivity (Wildman–Crippen MR) is 98.0 cm³/mol. The molecule has 0 atom stereocenters. The Morgan fingerprint density at radius 2 is 2.00 bits per heavy atom. The van der Waals surface area contributed by atoms with E-state index in [1.807, 2.05) is 25.1 Å². The van der Waals surface area contributed by atoms with E-state index in [1.54, 1.807) is 18.2 Å². The minimum absolute atomic E-state index is 0.182. The largest absolute Gasteiger partial charge is 0.382 e. The number of hydrogen-bond donors (Lipinski definition) is 2. The first-order valence-corrected chi connectivity index (χ1v) is 8.65. The number of nitrogens with two attached hydrogens (primary N) is 1. The van der Waals surface area contributed by atoms with Gasteiger partial charge in [0, 0.05) is 36.9 Å². The minimum Gasteiger partial charge on any atom is -0.382 e. The van der Waals surface area contributed by atoms with E-state index in [-0.39, 0.29) is 5.82 Å². The van der Waals surface area contributed by atoms with Crippen LogP contribution in [0.5, 0.6) is 0 Å². The number of likely N-dealkylation sites (tertiary alicyclic amines) is 1. The number of benzene rings is 2. The van der Waals surface area contributed by atoms with E-state index >= 15 is 0 Å².